The molecule has 1 fully saturated rings. The van der Waals surface area contributed by atoms with Crippen molar-refractivity contribution in [2.45, 2.75) is 44.8 Å². The number of epoxide rings is 1. The SMILES string of the molecule is CCCCCC1OC1CI. The third-order valence-electron chi connectivity index (χ3n) is 1.93. The molecule has 1 nitrogen and oxygen atoms in total. The Morgan fingerprint density at radius 3 is 2.60 bits per heavy atom. The van der Waals surface area contributed by atoms with Crippen molar-refractivity contribution in [3.05, 3.63) is 0 Å². The van der Waals surface area contributed by atoms with E-state index in [1.807, 2.05) is 0 Å². The van der Waals surface area contributed by atoms with Gasteiger partial charge in [-0.2, -0.15) is 0 Å². The number of hydrogen-bond donors (Lipinski definition) is 0. The molecule has 0 aliphatic carbocycles. The monoisotopic (exact) mass is 254 g/mol. The van der Waals surface area contributed by atoms with Crippen molar-refractivity contribution in [3.8, 4) is 0 Å². The molecule has 0 amide bonds. The lowest BCUT2D eigenvalue weighted by atomic mass is 10.1. The molecule has 2 heteroatoms. The second-order valence-corrected chi connectivity index (χ2v) is 3.74. The second kappa shape index (κ2) is 4.54. The van der Waals surface area contributed by atoms with Crippen LogP contribution in [0.3, 0.4) is 0 Å². The molecule has 1 aliphatic rings. The Morgan fingerprint density at radius 1 is 1.30 bits per heavy atom. The van der Waals surface area contributed by atoms with Gasteiger partial charge in [0.2, 0.25) is 0 Å². The van der Waals surface area contributed by atoms with Crippen LogP contribution in [0.25, 0.3) is 0 Å². The molecule has 0 bridgehead atoms. The van der Waals surface area contributed by atoms with Crippen LogP contribution in [-0.4, -0.2) is 16.6 Å². The van der Waals surface area contributed by atoms with Crippen molar-refractivity contribution in [2.24, 2.45) is 0 Å². The van der Waals surface area contributed by atoms with Crippen molar-refractivity contribution >= 4 is 22.6 Å². The molecule has 0 spiro atoms. The fourth-order valence-corrected chi connectivity index (χ4v) is 1.94. The van der Waals surface area contributed by atoms with Crippen LogP contribution in [0.5, 0.6) is 0 Å². The highest BCUT2D eigenvalue weighted by molar-refractivity contribution is 14.1. The van der Waals surface area contributed by atoms with Crippen LogP contribution in [-0.2, 0) is 4.74 Å². The highest BCUT2D eigenvalue weighted by Crippen LogP contribution is 2.28. The summed E-state index contributed by atoms with van der Waals surface area (Å²) >= 11 is 2.39. The van der Waals surface area contributed by atoms with Gasteiger partial charge in [0.25, 0.3) is 0 Å². The highest BCUT2D eigenvalue weighted by Gasteiger charge is 2.36. The van der Waals surface area contributed by atoms with Gasteiger partial charge in [0.1, 0.15) is 0 Å². The second-order valence-electron chi connectivity index (χ2n) is 2.86. The van der Waals surface area contributed by atoms with Crippen LogP contribution < -0.4 is 0 Å². The molecular formula is C8H15IO. The maximum absolute atomic E-state index is 5.41. The van der Waals surface area contributed by atoms with Gasteiger partial charge >= 0.3 is 0 Å². The van der Waals surface area contributed by atoms with E-state index in [0.717, 1.165) is 0 Å². The molecular weight excluding hydrogens is 239 g/mol. The fraction of sp³-hybridized carbons (Fsp3) is 1.00. The first-order chi connectivity index (χ1) is 4.88. The molecule has 0 aromatic carbocycles. The number of ether oxygens (including phenoxy) is 1. The Kier molecular flexibility index (Phi) is 3.99. The van der Waals surface area contributed by atoms with E-state index in [9.17, 15) is 0 Å². The van der Waals surface area contributed by atoms with Gasteiger partial charge in [-0.3, -0.25) is 0 Å². The highest BCUT2D eigenvalue weighted by atomic mass is 127. The van der Waals surface area contributed by atoms with Crippen LogP contribution in [0, 0.1) is 0 Å². The third-order valence-corrected chi connectivity index (χ3v) is 2.80. The standard InChI is InChI=1S/C8H15IO/c1-2-3-4-5-7-8(6-9)10-7/h7-8H,2-6H2,1H3. The van der Waals surface area contributed by atoms with Gasteiger partial charge in [0.15, 0.2) is 0 Å². The molecule has 1 rings (SSSR count). The Bertz CT molecular complexity index is 95.3. The fourth-order valence-electron chi connectivity index (χ4n) is 1.16. The lowest BCUT2D eigenvalue weighted by Gasteiger charge is -1.92. The van der Waals surface area contributed by atoms with E-state index in [-0.39, 0.29) is 0 Å². The predicted octanol–water partition coefficient (Wildman–Crippen LogP) is 2.77. The Balaban J connectivity index is 1.87. The minimum absolute atomic E-state index is 0.609. The van der Waals surface area contributed by atoms with Gasteiger partial charge in [0.05, 0.1) is 12.2 Å². The first-order valence-corrected chi connectivity index (χ1v) is 5.62. The van der Waals surface area contributed by atoms with Gasteiger partial charge in [-0.05, 0) is 6.42 Å². The van der Waals surface area contributed by atoms with E-state index < -0.39 is 0 Å². The summed E-state index contributed by atoms with van der Waals surface area (Å²) in [7, 11) is 0. The molecule has 10 heavy (non-hydrogen) atoms. The lowest BCUT2D eigenvalue weighted by molar-refractivity contribution is 0.368. The van der Waals surface area contributed by atoms with Gasteiger partial charge in [-0.1, -0.05) is 48.8 Å². The van der Waals surface area contributed by atoms with Crippen LogP contribution >= 0.6 is 22.6 Å². The van der Waals surface area contributed by atoms with Gasteiger partial charge in [-0.25, -0.2) is 0 Å². The van der Waals surface area contributed by atoms with E-state index in [0.29, 0.717) is 12.2 Å². The summed E-state index contributed by atoms with van der Waals surface area (Å²) in [5.74, 6) is 0. The van der Waals surface area contributed by atoms with E-state index in [4.69, 9.17) is 4.74 Å². The van der Waals surface area contributed by atoms with E-state index in [2.05, 4.69) is 29.5 Å². The Labute approximate surface area is 76.7 Å². The maximum Gasteiger partial charge on any atom is 0.0931 e. The van der Waals surface area contributed by atoms with E-state index >= 15 is 0 Å². The number of alkyl halides is 1. The zero-order valence-electron chi connectivity index (χ0n) is 6.48. The van der Waals surface area contributed by atoms with Crippen LogP contribution in [0.1, 0.15) is 32.6 Å². The first kappa shape index (κ1) is 8.78. The van der Waals surface area contributed by atoms with Crippen LogP contribution in [0.2, 0.25) is 0 Å². The minimum atomic E-state index is 0.609. The van der Waals surface area contributed by atoms with E-state index in [1.54, 1.807) is 0 Å². The zero-order valence-corrected chi connectivity index (χ0v) is 8.63. The van der Waals surface area contributed by atoms with Gasteiger partial charge < -0.3 is 4.74 Å². The minimum Gasteiger partial charge on any atom is -0.369 e. The van der Waals surface area contributed by atoms with Gasteiger partial charge in [-0.15, -0.1) is 0 Å². The van der Waals surface area contributed by atoms with Crippen LogP contribution in [0.4, 0.5) is 0 Å². The molecule has 1 saturated heterocycles. The molecule has 2 unspecified atom stereocenters. The molecule has 60 valence electrons. The molecule has 0 N–H and O–H groups in total. The molecule has 0 radical (unpaired) electrons. The first-order valence-electron chi connectivity index (χ1n) is 4.10. The summed E-state index contributed by atoms with van der Waals surface area (Å²) in [5.41, 5.74) is 0. The number of halogens is 1. The summed E-state index contributed by atoms with van der Waals surface area (Å²) in [4.78, 5) is 0. The molecule has 0 aromatic rings. The predicted molar refractivity (Wildman–Crippen MR) is 51.7 cm³/mol. The van der Waals surface area contributed by atoms with Crippen molar-refractivity contribution in [1.82, 2.24) is 0 Å². The molecule has 1 heterocycles. The van der Waals surface area contributed by atoms with Crippen molar-refractivity contribution in [3.63, 3.8) is 0 Å². The summed E-state index contributed by atoms with van der Waals surface area (Å²) in [6, 6.07) is 0. The van der Waals surface area contributed by atoms with Crippen LogP contribution in [0.15, 0.2) is 0 Å². The van der Waals surface area contributed by atoms with Crippen molar-refractivity contribution < 1.29 is 4.74 Å². The smallest absolute Gasteiger partial charge is 0.0931 e. The topological polar surface area (TPSA) is 12.5 Å². The summed E-state index contributed by atoms with van der Waals surface area (Å²) in [5, 5.41) is 0. The summed E-state index contributed by atoms with van der Waals surface area (Å²) < 4.78 is 6.58. The van der Waals surface area contributed by atoms with E-state index in [1.165, 1.54) is 30.1 Å². The number of rotatable bonds is 5. The van der Waals surface area contributed by atoms with Crippen molar-refractivity contribution in [1.29, 1.82) is 0 Å². The molecule has 1 aliphatic heterocycles. The lowest BCUT2D eigenvalue weighted by Crippen LogP contribution is -1.93. The quantitative estimate of drug-likeness (QED) is 0.318. The normalized spacial score (nSPS) is 30.6. The van der Waals surface area contributed by atoms with Crippen molar-refractivity contribution in [2.75, 3.05) is 4.43 Å². The third kappa shape index (κ3) is 2.74. The maximum atomic E-state index is 5.41. The molecule has 0 saturated carbocycles. The number of hydrogen-bond acceptors (Lipinski definition) is 1. The number of unbranched alkanes of at least 4 members (excludes halogenated alkanes) is 2. The summed E-state index contributed by atoms with van der Waals surface area (Å²) in [6.07, 6.45) is 6.58. The summed E-state index contributed by atoms with van der Waals surface area (Å²) in [6.45, 7) is 2.24. The average molecular weight is 254 g/mol. The average Bonchev–Trinajstić information content (AvgIpc) is 2.68. The largest absolute Gasteiger partial charge is 0.369 e. The van der Waals surface area contributed by atoms with Gasteiger partial charge in [0, 0.05) is 4.43 Å². The Morgan fingerprint density at radius 2 is 2.10 bits per heavy atom. The molecule has 2 atom stereocenters. The Hall–Kier alpha value is 0.690. The zero-order chi connectivity index (χ0) is 7.40. The molecule has 0 aromatic heterocycles.